The van der Waals surface area contributed by atoms with Crippen LogP contribution in [0.15, 0.2) is 84.0 Å². The van der Waals surface area contributed by atoms with E-state index >= 15 is 0 Å². The number of thioether (sulfide) groups is 1. The van der Waals surface area contributed by atoms with E-state index in [1.165, 1.54) is 11.8 Å². The molecule has 2 N–H and O–H groups in total. The molecule has 4 rings (SSSR count). The molecule has 2 amide bonds. The number of carbonyl (C=O) groups excluding carboxylic acids is 2. The summed E-state index contributed by atoms with van der Waals surface area (Å²) >= 11 is 1.25. The minimum Gasteiger partial charge on any atom is -0.272 e. The number of aromatic nitrogens is 3. The summed E-state index contributed by atoms with van der Waals surface area (Å²) in [7, 11) is 0. The van der Waals surface area contributed by atoms with Crippen molar-refractivity contribution in [3.8, 4) is 17.1 Å². The topological polar surface area (TPSA) is 88.9 Å². The second-order valence-corrected chi connectivity index (χ2v) is 8.44. The fourth-order valence-corrected chi connectivity index (χ4v) is 3.89. The number of hydrogen-bond donors (Lipinski definition) is 2. The molecule has 0 spiro atoms. The Bertz CT molecular complexity index is 1250. The molecule has 0 bridgehead atoms. The predicted octanol–water partition coefficient (Wildman–Crippen LogP) is 4.10. The third kappa shape index (κ3) is 5.48. The second-order valence-electron chi connectivity index (χ2n) is 7.50. The van der Waals surface area contributed by atoms with Crippen LogP contribution in [0.5, 0.6) is 0 Å². The molecule has 7 nitrogen and oxygen atoms in total. The molecular weight excluding hydrogens is 434 g/mol. The van der Waals surface area contributed by atoms with Gasteiger partial charge in [-0.25, -0.2) is 0 Å². The first-order valence-electron chi connectivity index (χ1n) is 10.4. The van der Waals surface area contributed by atoms with Gasteiger partial charge in [0.25, 0.3) is 5.91 Å². The molecule has 3 aromatic carbocycles. The average Bonchev–Trinajstić information content (AvgIpc) is 3.26. The second kappa shape index (κ2) is 10.1. The van der Waals surface area contributed by atoms with E-state index in [0.29, 0.717) is 16.5 Å². The molecule has 166 valence electrons. The van der Waals surface area contributed by atoms with Crippen molar-refractivity contribution < 1.29 is 9.59 Å². The van der Waals surface area contributed by atoms with Crippen molar-refractivity contribution in [1.29, 1.82) is 0 Å². The lowest BCUT2D eigenvalue weighted by Gasteiger charge is -2.11. The van der Waals surface area contributed by atoms with Gasteiger partial charge in [0.2, 0.25) is 5.91 Å². The highest BCUT2D eigenvalue weighted by Gasteiger charge is 2.17. The van der Waals surface area contributed by atoms with E-state index in [0.717, 1.165) is 22.4 Å². The van der Waals surface area contributed by atoms with Crippen LogP contribution in [0.4, 0.5) is 0 Å². The van der Waals surface area contributed by atoms with Gasteiger partial charge in [-0.1, -0.05) is 77.5 Å². The SMILES string of the molecule is Cc1ccc(C(=O)NNC(=O)CSc2nnc(-c3ccccc3)n2-c2ccc(C)cc2)cc1. The number of amides is 2. The number of nitrogens with zero attached hydrogens (tertiary/aromatic N) is 3. The maximum atomic E-state index is 12.4. The Labute approximate surface area is 196 Å². The molecular formula is C25H23N5O2S. The fraction of sp³-hybridized carbons (Fsp3) is 0.120. The maximum absolute atomic E-state index is 12.4. The summed E-state index contributed by atoms with van der Waals surface area (Å²) in [6.45, 7) is 3.97. The van der Waals surface area contributed by atoms with Crippen LogP contribution in [0.1, 0.15) is 21.5 Å². The van der Waals surface area contributed by atoms with E-state index in [9.17, 15) is 9.59 Å². The molecule has 0 saturated heterocycles. The summed E-state index contributed by atoms with van der Waals surface area (Å²) in [6, 6.07) is 24.9. The molecule has 0 aliphatic rings. The van der Waals surface area contributed by atoms with E-state index in [2.05, 4.69) is 21.0 Å². The standard InChI is InChI=1S/C25H23N5O2S/c1-17-8-12-20(13-9-17)24(32)28-26-22(31)16-33-25-29-27-23(19-6-4-3-5-7-19)30(25)21-14-10-18(2)11-15-21/h3-15H,16H2,1-2H3,(H,26,31)(H,28,32). The predicted molar refractivity (Wildman–Crippen MR) is 129 cm³/mol. The normalized spacial score (nSPS) is 10.6. The zero-order chi connectivity index (χ0) is 23.2. The maximum Gasteiger partial charge on any atom is 0.269 e. The lowest BCUT2D eigenvalue weighted by molar-refractivity contribution is -0.119. The molecule has 33 heavy (non-hydrogen) atoms. The fourth-order valence-electron chi connectivity index (χ4n) is 3.13. The van der Waals surface area contributed by atoms with Crippen molar-refractivity contribution in [2.75, 3.05) is 5.75 Å². The van der Waals surface area contributed by atoms with E-state index < -0.39 is 0 Å². The van der Waals surface area contributed by atoms with Crippen LogP contribution >= 0.6 is 11.8 Å². The van der Waals surface area contributed by atoms with Crippen LogP contribution in [0.25, 0.3) is 17.1 Å². The summed E-state index contributed by atoms with van der Waals surface area (Å²) in [5, 5.41) is 9.28. The van der Waals surface area contributed by atoms with Gasteiger partial charge in [-0.15, -0.1) is 10.2 Å². The Morgan fingerprint density at radius 2 is 1.45 bits per heavy atom. The number of aryl methyl sites for hydroxylation is 2. The van der Waals surface area contributed by atoms with Crippen molar-refractivity contribution >= 4 is 23.6 Å². The Kier molecular flexibility index (Phi) is 6.85. The van der Waals surface area contributed by atoms with Crippen LogP contribution in [-0.2, 0) is 4.79 Å². The quantitative estimate of drug-likeness (QED) is 0.336. The monoisotopic (exact) mass is 457 g/mol. The van der Waals surface area contributed by atoms with Crippen molar-refractivity contribution in [2.24, 2.45) is 0 Å². The van der Waals surface area contributed by atoms with Gasteiger partial charge in [-0.3, -0.25) is 25.0 Å². The van der Waals surface area contributed by atoms with Crippen molar-refractivity contribution in [3.63, 3.8) is 0 Å². The zero-order valence-electron chi connectivity index (χ0n) is 18.3. The third-order valence-electron chi connectivity index (χ3n) is 4.92. The number of rotatable bonds is 6. The van der Waals surface area contributed by atoms with E-state index in [-0.39, 0.29) is 17.6 Å². The van der Waals surface area contributed by atoms with E-state index in [1.54, 1.807) is 12.1 Å². The third-order valence-corrected chi connectivity index (χ3v) is 5.85. The Balaban J connectivity index is 1.47. The highest BCUT2D eigenvalue weighted by molar-refractivity contribution is 7.99. The number of nitrogens with one attached hydrogen (secondary N) is 2. The van der Waals surface area contributed by atoms with Crippen molar-refractivity contribution in [2.45, 2.75) is 19.0 Å². The van der Waals surface area contributed by atoms with Crippen molar-refractivity contribution in [3.05, 3.63) is 95.6 Å². The number of benzene rings is 3. The zero-order valence-corrected chi connectivity index (χ0v) is 19.1. The molecule has 0 atom stereocenters. The van der Waals surface area contributed by atoms with Gasteiger partial charge in [-0.2, -0.15) is 0 Å². The van der Waals surface area contributed by atoms with Crippen LogP contribution < -0.4 is 10.9 Å². The lowest BCUT2D eigenvalue weighted by atomic mass is 10.1. The van der Waals surface area contributed by atoms with Gasteiger partial charge >= 0.3 is 0 Å². The van der Waals surface area contributed by atoms with Gasteiger partial charge in [0.15, 0.2) is 11.0 Å². The molecule has 0 aliphatic carbocycles. The minimum absolute atomic E-state index is 0.0625. The summed E-state index contributed by atoms with van der Waals surface area (Å²) in [4.78, 5) is 24.6. The van der Waals surface area contributed by atoms with Crippen LogP contribution in [0.2, 0.25) is 0 Å². The molecule has 0 radical (unpaired) electrons. The molecule has 0 saturated carbocycles. The molecule has 8 heteroatoms. The Hall–Kier alpha value is -3.91. The average molecular weight is 458 g/mol. The van der Waals surface area contributed by atoms with Gasteiger partial charge in [0, 0.05) is 16.8 Å². The van der Waals surface area contributed by atoms with Gasteiger partial charge in [0.1, 0.15) is 0 Å². The first-order chi connectivity index (χ1) is 16.0. The lowest BCUT2D eigenvalue weighted by Crippen LogP contribution is -2.42. The van der Waals surface area contributed by atoms with Crippen LogP contribution in [-0.4, -0.2) is 32.3 Å². The van der Waals surface area contributed by atoms with E-state index in [1.807, 2.05) is 85.1 Å². The number of carbonyl (C=O) groups is 2. The minimum atomic E-state index is -0.373. The van der Waals surface area contributed by atoms with E-state index in [4.69, 9.17) is 0 Å². The van der Waals surface area contributed by atoms with Gasteiger partial charge in [-0.05, 0) is 38.1 Å². The number of hydrogen-bond acceptors (Lipinski definition) is 5. The molecule has 0 fully saturated rings. The Morgan fingerprint density at radius 1 is 0.818 bits per heavy atom. The van der Waals surface area contributed by atoms with Crippen LogP contribution in [0, 0.1) is 13.8 Å². The highest BCUT2D eigenvalue weighted by Crippen LogP contribution is 2.28. The molecule has 4 aromatic rings. The molecule has 1 aromatic heterocycles. The number of hydrazine groups is 1. The summed E-state index contributed by atoms with van der Waals surface area (Å²) in [6.07, 6.45) is 0. The van der Waals surface area contributed by atoms with Crippen LogP contribution in [0.3, 0.4) is 0 Å². The highest BCUT2D eigenvalue weighted by atomic mass is 32.2. The smallest absolute Gasteiger partial charge is 0.269 e. The molecule has 1 heterocycles. The van der Waals surface area contributed by atoms with Gasteiger partial charge < -0.3 is 0 Å². The largest absolute Gasteiger partial charge is 0.272 e. The first-order valence-corrected chi connectivity index (χ1v) is 11.4. The van der Waals surface area contributed by atoms with Crippen molar-refractivity contribution in [1.82, 2.24) is 25.6 Å². The Morgan fingerprint density at radius 3 is 2.12 bits per heavy atom. The summed E-state index contributed by atoms with van der Waals surface area (Å²) in [5.74, 6) is 0.0326. The van der Waals surface area contributed by atoms with Gasteiger partial charge in [0.05, 0.1) is 5.75 Å². The first kappa shape index (κ1) is 22.3. The molecule has 0 unspecified atom stereocenters. The summed E-state index contributed by atoms with van der Waals surface area (Å²) in [5.41, 5.74) is 9.40. The summed E-state index contributed by atoms with van der Waals surface area (Å²) < 4.78 is 1.93. The molecule has 0 aliphatic heterocycles.